The number of benzene rings is 1. The van der Waals surface area contributed by atoms with Crippen molar-refractivity contribution in [3.05, 3.63) is 24.3 Å². The minimum absolute atomic E-state index is 0.662. The van der Waals surface area contributed by atoms with Gasteiger partial charge in [0.05, 0.1) is 0 Å². The Morgan fingerprint density at radius 2 is 0.933 bits per heavy atom. The van der Waals surface area contributed by atoms with Crippen molar-refractivity contribution in [1.29, 1.82) is 0 Å². The van der Waals surface area contributed by atoms with Gasteiger partial charge in [0.15, 0.2) is 0 Å². The molecule has 0 bridgehead atoms. The van der Waals surface area contributed by atoms with Crippen LogP contribution in [0.4, 0.5) is 0 Å². The van der Waals surface area contributed by atoms with Gasteiger partial charge in [-0.3, -0.25) is 0 Å². The summed E-state index contributed by atoms with van der Waals surface area (Å²) in [6.07, 6.45) is 0. The summed E-state index contributed by atoms with van der Waals surface area (Å²) in [7, 11) is 0. The Balaban J connectivity index is 2.03. The number of tetrazole rings is 2. The second-order valence-corrected chi connectivity index (χ2v) is 36.3. The number of hydrogen-bond donors (Lipinski definition) is 0. The predicted octanol–water partition coefficient (Wildman–Crippen LogP) is 4.70. The first-order chi connectivity index (χ1) is 14.5. The zero-order chi connectivity index (χ0) is 21.8. The number of aromatic nitrogens is 8. The van der Waals surface area contributed by atoms with Gasteiger partial charge in [-0.15, -0.1) is 0 Å². The van der Waals surface area contributed by atoms with Crippen LogP contribution in [0.5, 0.6) is 0 Å². The molecule has 0 saturated carbocycles. The van der Waals surface area contributed by atoms with Gasteiger partial charge < -0.3 is 0 Å². The average Bonchev–Trinajstić information content (AvgIpc) is 3.48. The van der Waals surface area contributed by atoms with Crippen LogP contribution >= 0.6 is 0 Å². The molecule has 0 N–H and O–H groups in total. The van der Waals surface area contributed by atoms with Crippen LogP contribution in [0.3, 0.4) is 0 Å². The van der Waals surface area contributed by atoms with E-state index in [2.05, 4.69) is 62.2 Å². The fourth-order valence-corrected chi connectivity index (χ4v) is 20.8. The molecule has 1 aromatic carbocycles. The van der Waals surface area contributed by atoms with Crippen LogP contribution in [0, 0.1) is 0 Å². The summed E-state index contributed by atoms with van der Waals surface area (Å²) in [6.45, 7) is 13.6. The van der Waals surface area contributed by atoms with E-state index in [0.717, 1.165) is 11.1 Å². The van der Waals surface area contributed by atoms with Gasteiger partial charge >= 0.3 is 189 Å². The van der Waals surface area contributed by atoms with Crippen LogP contribution in [-0.4, -0.2) is 74.2 Å². The van der Waals surface area contributed by atoms with Crippen molar-refractivity contribution in [1.82, 2.24) is 36.9 Å². The molecule has 0 aliphatic carbocycles. The van der Waals surface area contributed by atoms with Crippen molar-refractivity contribution in [2.24, 2.45) is 0 Å². The van der Waals surface area contributed by atoms with E-state index in [4.69, 9.17) is 10.2 Å². The van der Waals surface area contributed by atoms with Crippen LogP contribution < -0.4 is 0 Å². The van der Waals surface area contributed by atoms with Crippen LogP contribution in [0.1, 0.15) is 41.5 Å². The molecule has 3 aromatic rings. The van der Waals surface area contributed by atoms with Crippen molar-refractivity contribution < 1.29 is 0 Å². The van der Waals surface area contributed by atoms with E-state index in [1.54, 1.807) is 0 Å². The van der Waals surface area contributed by atoms with E-state index in [9.17, 15) is 0 Å². The molecule has 0 saturated heterocycles. The van der Waals surface area contributed by atoms with E-state index < -0.39 is 37.3 Å². The Kier molecular flexibility index (Phi) is 7.91. The maximum absolute atomic E-state index is 4.87. The molecule has 0 unspecified atom stereocenters. The Hall–Kier alpha value is -1.04. The van der Waals surface area contributed by atoms with Crippen LogP contribution in [-0.2, 0) is 0 Å². The van der Waals surface area contributed by atoms with E-state index in [1.807, 2.05) is 30.3 Å². The van der Waals surface area contributed by atoms with Crippen molar-refractivity contribution in [2.75, 3.05) is 0 Å². The Morgan fingerprint density at radius 1 is 0.600 bits per heavy atom. The molecule has 2 aromatic heterocycles. The molecule has 0 aliphatic heterocycles. The van der Waals surface area contributed by atoms with E-state index in [1.165, 1.54) is 26.6 Å². The van der Waals surface area contributed by atoms with Gasteiger partial charge in [0, 0.05) is 0 Å². The number of nitrogens with zero attached hydrogens (tertiary/aromatic N) is 8. The first kappa shape index (κ1) is 23.6. The van der Waals surface area contributed by atoms with Crippen LogP contribution in [0.25, 0.3) is 22.8 Å². The monoisotopic (exact) mass is 626 g/mol. The predicted molar refractivity (Wildman–Crippen MR) is 125 cm³/mol. The van der Waals surface area contributed by atoms with Crippen LogP contribution in [0.2, 0.25) is 26.6 Å². The second-order valence-electron chi connectivity index (χ2n) is 7.92. The van der Waals surface area contributed by atoms with Crippen molar-refractivity contribution in [3.8, 4) is 22.8 Å². The van der Waals surface area contributed by atoms with Crippen molar-refractivity contribution in [2.45, 2.75) is 68.2 Å². The van der Waals surface area contributed by atoms with Gasteiger partial charge in [0.1, 0.15) is 0 Å². The molecule has 0 amide bonds. The van der Waals surface area contributed by atoms with Crippen molar-refractivity contribution in [3.63, 3.8) is 0 Å². The summed E-state index contributed by atoms with van der Waals surface area (Å²) < 4.78 is 11.1. The quantitative estimate of drug-likeness (QED) is 0.305. The molecular formula is C20H34N8Sn2. The maximum atomic E-state index is 4.87. The summed E-state index contributed by atoms with van der Waals surface area (Å²) in [5.74, 6) is 1.32. The Bertz CT molecular complexity index is 865. The van der Waals surface area contributed by atoms with Gasteiger partial charge in [0.25, 0.3) is 0 Å². The standard InChI is InChI=1S/C8H4N8.6C2H5.2Sn/c1-2-4-6(8-11-15-16-12-8)5(3-1)7-9-13-14-10-7;6*1-2;;/h1-4H;6*1H2,2H3;;/q-2;;;;;;;2*+1. The summed E-state index contributed by atoms with van der Waals surface area (Å²) in [5, 5.41) is 27.7. The molecular weight excluding hydrogens is 590 g/mol. The van der Waals surface area contributed by atoms with Gasteiger partial charge in [-0.1, -0.05) is 0 Å². The molecule has 0 spiro atoms. The molecule has 0 fully saturated rings. The summed E-state index contributed by atoms with van der Waals surface area (Å²) in [4.78, 5) is 0. The zero-order valence-corrected chi connectivity index (χ0v) is 24.8. The second kappa shape index (κ2) is 10.1. The molecule has 8 nitrogen and oxygen atoms in total. The SMILES string of the molecule is C[CH2][Sn]([CH2]C)([CH2]C)[n]1nnc(-c2ccccc2-c2nn[n]([Sn]([CH2]C)([CH2]C)[CH2]C)n2)n1. The fraction of sp³-hybridized carbons (Fsp3) is 0.600. The molecule has 0 radical (unpaired) electrons. The molecule has 0 atom stereocenters. The van der Waals surface area contributed by atoms with E-state index in [0.29, 0.717) is 11.6 Å². The van der Waals surface area contributed by atoms with Crippen molar-refractivity contribution >= 4 is 37.3 Å². The first-order valence-corrected chi connectivity index (χ1v) is 25.9. The third kappa shape index (κ3) is 4.18. The Labute approximate surface area is 188 Å². The molecule has 10 heteroatoms. The Morgan fingerprint density at radius 3 is 1.23 bits per heavy atom. The van der Waals surface area contributed by atoms with Gasteiger partial charge in [0.2, 0.25) is 0 Å². The van der Waals surface area contributed by atoms with E-state index >= 15 is 0 Å². The first-order valence-electron chi connectivity index (χ1n) is 11.2. The molecule has 3 rings (SSSR count). The summed E-state index contributed by atoms with van der Waals surface area (Å²) in [6, 6.07) is 8.09. The third-order valence-electron chi connectivity index (χ3n) is 7.03. The number of rotatable bonds is 10. The third-order valence-corrected chi connectivity index (χ3v) is 35.5. The molecule has 2 heterocycles. The zero-order valence-electron chi connectivity index (χ0n) is 19.1. The van der Waals surface area contributed by atoms with Gasteiger partial charge in [-0.05, 0) is 0 Å². The molecule has 0 aliphatic rings. The van der Waals surface area contributed by atoms with E-state index in [-0.39, 0.29) is 0 Å². The molecule has 162 valence electrons. The van der Waals surface area contributed by atoms with Crippen LogP contribution in [0.15, 0.2) is 24.3 Å². The van der Waals surface area contributed by atoms with Gasteiger partial charge in [-0.25, -0.2) is 0 Å². The summed E-state index contributed by atoms with van der Waals surface area (Å²) >= 11 is -5.18. The fourth-order valence-electron chi connectivity index (χ4n) is 4.27. The molecule has 30 heavy (non-hydrogen) atoms. The topological polar surface area (TPSA) is 87.2 Å². The normalized spacial score (nSPS) is 12.5. The average molecular weight is 624 g/mol. The minimum atomic E-state index is -2.59. The number of hydrogen-bond acceptors (Lipinski definition) is 6. The van der Waals surface area contributed by atoms with Gasteiger partial charge in [-0.2, -0.15) is 0 Å². The summed E-state index contributed by atoms with van der Waals surface area (Å²) in [5.41, 5.74) is 1.86.